The van der Waals surface area contributed by atoms with Crippen LogP contribution < -0.4 is 5.32 Å². The highest BCUT2D eigenvalue weighted by atomic mass is 35.5. The standard InChI is InChI=1S/C17H13ClN2OS/c18-16-3-1-13(2-4-16)17(21)20-9-12-7-15(10-19-8-12)14-5-6-22-11-14/h1-8,10-11H,9H2,(H,20,21). The lowest BCUT2D eigenvalue weighted by molar-refractivity contribution is 0.0951. The molecule has 0 saturated carbocycles. The molecule has 3 aromatic rings. The molecule has 2 heterocycles. The van der Waals surface area contributed by atoms with E-state index in [0.717, 1.165) is 16.7 Å². The van der Waals surface area contributed by atoms with Gasteiger partial charge in [0, 0.05) is 35.1 Å². The first kappa shape index (κ1) is 14.8. The van der Waals surface area contributed by atoms with Gasteiger partial charge in [-0.3, -0.25) is 9.78 Å². The minimum absolute atomic E-state index is 0.127. The van der Waals surface area contributed by atoms with Crippen molar-refractivity contribution in [1.29, 1.82) is 0 Å². The van der Waals surface area contributed by atoms with Gasteiger partial charge in [0.05, 0.1) is 0 Å². The van der Waals surface area contributed by atoms with Crippen molar-refractivity contribution < 1.29 is 4.79 Å². The monoisotopic (exact) mass is 328 g/mol. The van der Waals surface area contributed by atoms with Crippen LogP contribution in [0, 0.1) is 0 Å². The van der Waals surface area contributed by atoms with Gasteiger partial charge in [0.25, 0.3) is 5.91 Å². The molecule has 110 valence electrons. The van der Waals surface area contributed by atoms with Crippen molar-refractivity contribution in [3.05, 3.63) is 75.7 Å². The van der Waals surface area contributed by atoms with Gasteiger partial charge in [0.1, 0.15) is 0 Å². The summed E-state index contributed by atoms with van der Waals surface area (Å²) in [4.78, 5) is 16.3. The Morgan fingerprint density at radius 3 is 2.68 bits per heavy atom. The zero-order chi connectivity index (χ0) is 15.4. The van der Waals surface area contributed by atoms with Crippen LogP contribution in [0.3, 0.4) is 0 Å². The Bertz CT molecular complexity index is 770. The molecule has 0 atom stereocenters. The Morgan fingerprint density at radius 1 is 1.14 bits per heavy atom. The summed E-state index contributed by atoms with van der Waals surface area (Å²) in [5.41, 5.74) is 3.75. The lowest BCUT2D eigenvalue weighted by Gasteiger charge is -2.06. The summed E-state index contributed by atoms with van der Waals surface area (Å²) < 4.78 is 0. The van der Waals surface area contributed by atoms with Crippen LogP contribution in [-0.4, -0.2) is 10.9 Å². The zero-order valence-electron chi connectivity index (χ0n) is 11.6. The molecule has 0 aliphatic heterocycles. The van der Waals surface area contributed by atoms with Gasteiger partial charge in [-0.2, -0.15) is 11.3 Å². The van der Waals surface area contributed by atoms with Crippen molar-refractivity contribution in [1.82, 2.24) is 10.3 Å². The second-order valence-corrected chi connectivity index (χ2v) is 6.00. The topological polar surface area (TPSA) is 42.0 Å². The van der Waals surface area contributed by atoms with Crippen LogP contribution in [0.2, 0.25) is 5.02 Å². The molecule has 2 aromatic heterocycles. The van der Waals surface area contributed by atoms with Crippen molar-refractivity contribution in [3.63, 3.8) is 0 Å². The summed E-state index contributed by atoms with van der Waals surface area (Å²) in [7, 11) is 0. The molecule has 22 heavy (non-hydrogen) atoms. The number of amides is 1. The molecule has 0 unspecified atom stereocenters. The van der Waals surface area contributed by atoms with Gasteiger partial charge in [-0.1, -0.05) is 11.6 Å². The number of aromatic nitrogens is 1. The van der Waals surface area contributed by atoms with Gasteiger partial charge < -0.3 is 5.32 Å². The molecule has 3 nitrogen and oxygen atoms in total. The third-order valence-electron chi connectivity index (χ3n) is 3.21. The van der Waals surface area contributed by atoms with Crippen LogP contribution in [0.1, 0.15) is 15.9 Å². The zero-order valence-corrected chi connectivity index (χ0v) is 13.2. The molecular formula is C17H13ClN2OS. The van der Waals surface area contributed by atoms with Gasteiger partial charge >= 0.3 is 0 Å². The largest absolute Gasteiger partial charge is 0.348 e. The van der Waals surface area contributed by atoms with Gasteiger partial charge in [-0.15, -0.1) is 0 Å². The third-order valence-corrected chi connectivity index (χ3v) is 4.14. The Balaban J connectivity index is 1.67. The van der Waals surface area contributed by atoms with E-state index in [0.29, 0.717) is 17.1 Å². The van der Waals surface area contributed by atoms with E-state index in [4.69, 9.17) is 11.6 Å². The molecule has 0 aliphatic rings. The highest BCUT2D eigenvalue weighted by Gasteiger charge is 2.06. The maximum absolute atomic E-state index is 12.1. The second kappa shape index (κ2) is 6.73. The maximum atomic E-state index is 12.1. The summed E-state index contributed by atoms with van der Waals surface area (Å²) in [5, 5.41) is 7.61. The van der Waals surface area contributed by atoms with E-state index >= 15 is 0 Å². The number of halogens is 1. The van der Waals surface area contributed by atoms with Crippen LogP contribution in [-0.2, 0) is 6.54 Å². The van der Waals surface area contributed by atoms with Gasteiger partial charge in [0.15, 0.2) is 0 Å². The van der Waals surface area contributed by atoms with E-state index in [1.54, 1.807) is 41.8 Å². The van der Waals surface area contributed by atoms with E-state index in [1.807, 2.05) is 17.6 Å². The molecule has 1 N–H and O–H groups in total. The number of pyridine rings is 1. The number of benzene rings is 1. The summed E-state index contributed by atoms with van der Waals surface area (Å²) in [5.74, 6) is -0.127. The van der Waals surface area contributed by atoms with Crippen LogP contribution in [0.4, 0.5) is 0 Å². The number of carbonyl (C=O) groups excluding carboxylic acids is 1. The summed E-state index contributed by atoms with van der Waals surface area (Å²) in [6.07, 6.45) is 3.59. The van der Waals surface area contributed by atoms with E-state index in [2.05, 4.69) is 21.7 Å². The maximum Gasteiger partial charge on any atom is 0.251 e. The molecule has 1 amide bonds. The first-order chi connectivity index (χ1) is 10.7. The minimum Gasteiger partial charge on any atom is -0.348 e. The SMILES string of the molecule is O=C(NCc1cncc(-c2ccsc2)c1)c1ccc(Cl)cc1. The van der Waals surface area contributed by atoms with Crippen LogP contribution >= 0.6 is 22.9 Å². The predicted molar refractivity (Wildman–Crippen MR) is 90.2 cm³/mol. The first-order valence-electron chi connectivity index (χ1n) is 6.72. The molecular weight excluding hydrogens is 316 g/mol. The average molecular weight is 329 g/mol. The van der Waals surface area contributed by atoms with Crippen molar-refractivity contribution in [2.24, 2.45) is 0 Å². The number of rotatable bonds is 4. The van der Waals surface area contributed by atoms with E-state index < -0.39 is 0 Å². The Kier molecular flexibility index (Phi) is 4.51. The molecule has 0 saturated heterocycles. The van der Waals surface area contributed by atoms with Crippen LogP contribution in [0.5, 0.6) is 0 Å². The molecule has 3 rings (SSSR count). The van der Waals surface area contributed by atoms with Gasteiger partial charge in [0.2, 0.25) is 0 Å². The van der Waals surface area contributed by atoms with Gasteiger partial charge in [-0.05, 0) is 58.3 Å². The fourth-order valence-electron chi connectivity index (χ4n) is 2.06. The predicted octanol–water partition coefficient (Wildman–Crippen LogP) is 4.39. The number of thiophene rings is 1. The van der Waals surface area contributed by atoms with Crippen molar-refractivity contribution in [2.45, 2.75) is 6.54 Å². The quantitative estimate of drug-likeness (QED) is 0.771. The highest BCUT2D eigenvalue weighted by Crippen LogP contribution is 2.21. The Hall–Kier alpha value is -2.17. The van der Waals surface area contributed by atoms with Crippen molar-refractivity contribution in [3.8, 4) is 11.1 Å². The Morgan fingerprint density at radius 2 is 1.95 bits per heavy atom. The number of nitrogens with zero attached hydrogens (tertiary/aromatic N) is 1. The first-order valence-corrected chi connectivity index (χ1v) is 8.05. The second-order valence-electron chi connectivity index (χ2n) is 4.78. The Labute approximate surface area is 137 Å². The van der Waals surface area contributed by atoms with Crippen molar-refractivity contribution >= 4 is 28.8 Å². The summed E-state index contributed by atoms with van der Waals surface area (Å²) >= 11 is 7.47. The highest BCUT2D eigenvalue weighted by molar-refractivity contribution is 7.08. The van der Waals surface area contributed by atoms with E-state index in [-0.39, 0.29) is 5.91 Å². The number of hydrogen-bond acceptors (Lipinski definition) is 3. The summed E-state index contributed by atoms with van der Waals surface area (Å²) in [6, 6.07) is 10.9. The molecule has 0 bridgehead atoms. The smallest absolute Gasteiger partial charge is 0.251 e. The lowest BCUT2D eigenvalue weighted by Crippen LogP contribution is -2.22. The molecule has 0 fully saturated rings. The van der Waals surface area contributed by atoms with Crippen LogP contribution in [0.15, 0.2) is 59.6 Å². The molecule has 1 aromatic carbocycles. The normalized spacial score (nSPS) is 10.4. The van der Waals surface area contributed by atoms with Crippen LogP contribution in [0.25, 0.3) is 11.1 Å². The molecule has 0 radical (unpaired) electrons. The van der Waals surface area contributed by atoms with Crippen molar-refractivity contribution in [2.75, 3.05) is 0 Å². The van der Waals surface area contributed by atoms with E-state index in [9.17, 15) is 4.79 Å². The van der Waals surface area contributed by atoms with Gasteiger partial charge in [-0.25, -0.2) is 0 Å². The number of hydrogen-bond donors (Lipinski definition) is 1. The number of nitrogens with one attached hydrogen (secondary N) is 1. The fraction of sp³-hybridized carbons (Fsp3) is 0.0588. The van der Waals surface area contributed by atoms with E-state index in [1.165, 1.54) is 0 Å². The minimum atomic E-state index is -0.127. The summed E-state index contributed by atoms with van der Waals surface area (Å²) in [6.45, 7) is 0.437. The fourth-order valence-corrected chi connectivity index (χ4v) is 2.85. The lowest BCUT2D eigenvalue weighted by atomic mass is 10.1. The molecule has 0 spiro atoms. The average Bonchev–Trinajstić information content (AvgIpc) is 3.08. The number of carbonyl (C=O) groups is 1. The molecule has 0 aliphatic carbocycles. The third kappa shape index (κ3) is 3.53. The molecule has 5 heteroatoms.